The van der Waals surface area contributed by atoms with Gasteiger partial charge in [-0.2, -0.15) is 0 Å². The Morgan fingerprint density at radius 2 is 2.00 bits per heavy atom. The summed E-state index contributed by atoms with van der Waals surface area (Å²) in [4.78, 5) is 11.9. The standard InChI is InChI=1S/C13H12BrNO3/c1-7-6-10(16)8(2)5-9(7)15-13(17)11-3-4-12(14)18-11/h3-6,16H,1-2H3,(H,15,17). The molecule has 0 aliphatic heterocycles. The van der Waals surface area contributed by atoms with Gasteiger partial charge in [0.2, 0.25) is 0 Å². The van der Waals surface area contributed by atoms with E-state index < -0.39 is 0 Å². The number of hydrogen-bond acceptors (Lipinski definition) is 3. The van der Waals surface area contributed by atoms with E-state index >= 15 is 0 Å². The number of carbonyl (C=O) groups is 1. The number of benzene rings is 1. The van der Waals surface area contributed by atoms with Crippen LogP contribution in [0, 0.1) is 13.8 Å². The number of furan rings is 1. The maximum absolute atomic E-state index is 11.9. The number of anilines is 1. The molecule has 0 radical (unpaired) electrons. The maximum Gasteiger partial charge on any atom is 0.291 e. The normalized spacial score (nSPS) is 10.4. The van der Waals surface area contributed by atoms with Crippen molar-refractivity contribution in [2.24, 2.45) is 0 Å². The first-order chi connectivity index (χ1) is 8.47. The summed E-state index contributed by atoms with van der Waals surface area (Å²) in [5, 5.41) is 12.3. The molecule has 0 spiro atoms. The van der Waals surface area contributed by atoms with Gasteiger partial charge >= 0.3 is 0 Å². The number of phenolic OH excluding ortho intramolecular Hbond substituents is 1. The van der Waals surface area contributed by atoms with Gasteiger partial charge in [0, 0.05) is 5.69 Å². The minimum Gasteiger partial charge on any atom is -0.508 e. The second kappa shape index (κ2) is 4.86. The van der Waals surface area contributed by atoms with Crippen LogP contribution in [0.5, 0.6) is 5.75 Å². The van der Waals surface area contributed by atoms with E-state index in [9.17, 15) is 9.90 Å². The molecular weight excluding hydrogens is 298 g/mol. The van der Waals surface area contributed by atoms with Crippen LogP contribution >= 0.6 is 15.9 Å². The number of carbonyl (C=O) groups excluding carboxylic acids is 1. The van der Waals surface area contributed by atoms with Crippen molar-refractivity contribution in [1.29, 1.82) is 0 Å². The first-order valence-electron chi connectivity index (χ1n) is 5.34. The molecule has 0 atom stereocenters. The van der Waals surface area contributed by atoms with Crippen LogP contribution in [0.2, 0.25) is 0 Å². The fourth-order valence-corrected chi connectivity index (χ4v) is 1.86. The molecular formula is C13H12BrNO3. The predicted molar refractivity (Wildman–Crippen MR) is 71.9 cm³/mol. The van der Waals surface area contributed by atoms with Crippen molar-refractivity contribution in [3.63, 3.8) is 0 Å². The summed E-state index contributed by atoms with van der Waals surface area (Å²) in [6.45, 7) is 3.58. The minimum absolute atomic E-state index is 0.214. The fraction of sp³-hybridized carbons (Fsp3) is 0.154. The molecule has 1 amide bonds. The lowest BCUT2D eigenvalue weighted by Crippen LogP contribution is -2.11. The van der Waals surface area contributed by atoms with Crippen LogP contribution in [0.25, 0.3) is 0 Å². The first-order valence-corrected chi connectivity index (χ1v) is 6.13. The molecule has 4 nitrogen and oxygen atoms in total. The van der Waals surface area contributed by atoms with Gasteiger partial charge in [0.25, 0.3) is 5.91 Å². The Bertz CT molecular complexity index is 604. The summed E-state index contributed by atoms with van der Waals surface area (Å²) in [5.41, 5.74) is 2.15. The Kier molecular flexibility index (Phi) is 3.43. The van der Waals surface area contributed by atoms with Gasteiger partial charge < -0.3 is 14.8 Å². The predicted octanol–water partition coefficient (Wildman–Crippen LogP) is 3.62. The Balaban J connectivity index is 2.24. The zero-order chi connectivity index (χ0) is 13.3. The van der Waals surface area contributed by atoms with Gasteiger partial charge in [0.05, 0.1) is 0 Å². The monoisotopic (exact) mass is 309 g/mol. The number of aromatic hydroxyl groups is 1. The third-order valence-electron chi connectivity index (χ3n) is 2.59. The van der Waals surface area contributed by atoms with Crippen molar-refractivity contribution in [2.45, 2.75) is 13.8 Å². The quantitative estimate of drug-likeness (QED) is 0.833. The number of phenols is 1. The summed E-state index contributed by atoms with van der Waals surface area (Å²) < 4.78 is 5.67. The third-order valence-corrected chi connectivity index (χ3v) is 3.01. The molecule has 18 heavy (non-hydrogen) atoms. The highest BCUT2D eigenvalue weighted by molar-refractivity contribution is 9.10. The van der Waals surface area contributed by atoms with E-state index in [4.69, 9.17) is 4.42 Å². The van der Waals surface area contributed by atoms with Crippen molar-refractivity contribution in [3.8, 4) is 5.75 Å². The summed E-state index contributed by atoms with van der Waals surface area (Å²) in [5.74, 6) is 0.118. The zero-order valence-electron chi connectivity index (χ0n) is 9.95. The molecule has 1 aromatic carbocycles. The van der Waals surface area contributed by atoms with Crippen LogP contribution in [-0.2, 0) is 0 Å². The summed E-state index contributed by atoms with van der Waals surface area (Å²) in [7, 11) is 0. The smallest absolute Gasteiger partial charge is 0.291 e. The molecule has 0 unspecified atom stereocenters. The van der Waals surface area contributed by atoms with Crippen molar-refractivity contribution in [2.75, 3.05) is 5.32 Å². The Morgan fingerprint density at radius 1 is 1.28 bits per heavy atom. The minimum atomic E-state index is -0.325. The van der Waals surface area contributed by atoms with Gasteiger partial charge in [-0.25, -0.2) is 0 Å². The lowest BCUT2D eigenvalue weighted by Gasteiger charge is -2.09. The molecule has 2 N–H and O–H groups in total. The van der Waals surface area contributed by atoms with Gasteiger partial charge in [-0.15, -0.1) is 0 Å². The highest BCUT2D eigenvalue weighted by Gasteiger charge is 2.12. The Labute approximate surface area is 113 Å². The molecule has 0 saturated carbocycles. The van der Waals surface area contributed by atoms with Gasteiger partial charge in [-0.3, -0.25) is 4.79 Å². The molecule has 0 saturated heterocycles. The third kappa shape index (κ3) is 2.56. The molecule has 2 aromatic rings. The van der Waals surface area contributed by atoms with Crippen LogP contribution in [0.15, 0.2) is 33.4 Å². The van der Waals surface area contributed by atoms with Crippen molar-refractivity contribution >= 4 is 27.5 Å². The van der Waals surface area contributed by atoms with Crippen molar-refractivity contribution < 1.29 is 14.3 Å². The molecule has 1 heterocycles. The molecule has 0 fully saturated rings. The molecule has 1 aromatic heterocycles. The number of nitrogens with one attached hydrogen (secondary N) is 1. The van der Waals surface area contributed by atoms with Gasteiger partial charge in [0.15, 0.2) is 10.4 Å². The topological polar surface area (TPSA) is 62.5 Å². The number of hydrogen-bond donors (Lipinski definition) is 2. The summed E-state index contributed by atoms with van der Waals surface area (Å²) >= 11 is 3.14. The molecule has 94 valence electrons. The highest BCUT2D eigenvalue weighted by Crippen LogP contribution is 2.25. The molecule has 5 heteroatoms. The average molecular weight is 310 g/mol. The van der Waals surface area contributed by atoms with Crippen LogP contribution in [0.1, 0.15) is 21.7 Å². The average Bonchev–Trinajstić information content (AvgIpc) is 2.73. The van der Waals surface area contributed by atoms with E-state index in [2.05, 4.69) is 21.2 Å². The maximum atomic E-state index is 11.9. The van der Waals surface area contributed by atoms with E-state index in [1.54, 1.807) is 31.2 Å². The number of rotatable bonds is 2. The number of amides is 1. The lowest BCUT2D eigenvalue weighted by molar-refractivity contribution is 0.0995. The van der Waals surface area contributed by atoms with Crippen LogP contribution in [-0.4, -0.2) is 11.0 Å². The van der Waals surface area contributed by atoms with Crippen LogP contribution < -0.4 is 5.32 Å². The number of aryl methyl sites for hydroxylation is 2. The van der Waals surface area contributed by atoms with E-state index in [1.165, 1.54) is 0 Å². The Morgan fingerprint density at radius 3 is 2.61 bits per heavy atom. The Hall–Kier alpha value is -1.75. The van der Waals surface area contributed by atoms with E-state index in [0.29, 0.717) is 15.9 Å². The highest BCUT2D eigenvalue weighted by atomic mass is 79.9. The number of halogens is 1. The first kappa shape index (κ1) is 12.7. The molecule has 0 bridgehead atoms. The van der Waals surface area contributed by atoms with Crippen molar-refractivity contribution in [1.82, 2.24) is 0 Å². The fourth-order valence-electron chi connectivity index (χ4n) is 1.56. The SMILES string of the molecule is Cc1cc(NC(=O)c2ccc(Br)o2)c(C)cc1O. The van der Waals surface area contributed by atoms with Crippen molar-refractivity contribution in [3.05, 3.63) is 45.8 Å². The van der Waals surface area contributed by atoms with Crippen LogP contribution in [0.4, 0.5) is 5.69 Å². The van der Waals surface area contributed by atoms with Crippen LogP contribution in [0.3, 0.4) is 0 Å². The van der Waals surface area contributed by atoms with Gasteiger partial charge in [0.1, 0.15) is 5.75 Å². The van der Waals surface area contributed by atoms with E-state index in [1.807, 2.05) is 6.92 Å². The molecule has 0 aliphatic carbocycles. The molecule has 0 aliphatic rings. The van der Waals surface area contributed by atoms with Gasteiger partial charge in [-0.05, 0) is 65.2 Å². The second-order valence-corrected chi connectivity index (χ2v) is 4.79. The largest absolute Gasteiger partial charge is 0.508 e. The van der Waals surface area contributed by atoms with E-state index in [-0.39, 0.29) is 17.4 Å². The summed E-state index contributed by atoms with van der Waals surface area (Å²) in [6, 6.07) is 6.58. The van der Waals surface area contributed by atoms with Gasteiger partial charge in [-0.1, -0.05) is 0 Å². The summed E-state index contributed by atoms with van der Waals surface area (Å²) in [6.07, 6.45) is 0. The molecule has 2 rings (SSSR count). The second-order valence-electron chi connectivity index (χ2n) is 4.01. The van der Waals surface area contributed by atoms with E-state index in [0.717, 1.165) is 5.56 Å². The lowest BCUT2D eigenvalue weighted by atomic mass is 10.1. The zero-order valence-corrected chi connectivity index (χ0v) is 11.5.